The zero-order chi connectivity index (χ0) is 11.9. The highest BCUT2D eigenvalue weighted by Crippen LogP contribution is 2.28. The fourth-order valence-corrected chi connectivity index (χ4v) is 1.68. The predicted molar refractivity (Wildman–Crippen MR) is 67.0 cm³/mol. The van der Waals surface area contributed by atoms with Gasteiger partial charge in [0.2, 0.25) is 5.89 Å². The first-order valence-electron chi connectivity index (χ1n) is 5.43. The van der Waals surface area contributed by atoms with Crippen LogP contribution in [0.5, 0.6) is 0 Å². The van der Waals surface area contributed by atoms with Gasteiger partial charge < -0.3 is 4.42 Å². The topological polar surface area (TPSA) is 26.0 Å². The Hall–Kier alpha value is -1.02. The van der Waals surface area contributed by atoms with Crippen LogP contribution in [0.1, 0.15) is 44.5 Å². The van der Waals surface area contributed by atoms with Gasteiger partial charge >= 0.3 is 0 Å². The Labute approximate surface area is 101 Å². The van der Waals surface area contributed by atoms with Crippen molar-refractivity contribution < 1.29 is 4.42 Å². The van der Waals surface area contributed by atoms with Crippen LogP contribution in [0.4, 0.5) is 0 Å². The molecule has 0 N–H and O–H groups in total. The van der Waals surface area contributed by atoms with Crippen LogP contribution in [0.2, 0.25) is 0 Å². The SMILES string of the molecule is CC(Cl)c1nc2cc(C(C)(C)C)ccc2o1. The second-order valence-corrected chi connectivity index (χ2v) is 5.76. The molecule has 1 unspecified atom stereocenters. The highest BCUT2D eigenvalue weighted by molar-refractivity contribution is 6.20. The Balaban J connectivity index is 2.54. The van der Waals surface area contributed by atoms with Crippen molar-refractivity contribution >= 4 is 22.7 Å². The van der Waals surface area contributed by atoms with Crippen LogP contribution in [0.15, 0.2) is 22.6 Å². The number of halogens is 1. The summed E-state index contributed by atoms with van der Waals surface area (Å²) < 4.78 is 5.55. The van der Waals surface area contributed by atoms with Gasteiger partial charge in [-0.15, -0.1) is 11.6 Å². The summed E-state index contributed by atoms with van der Waals surface area (Å²) in [6.45, 7) is 8.40. The lowest BCUT2D eigenvalue weighted by Crippen LogP contribution is -2.10. The van der Waals surface area contributed by atoms with Gasteiger partial charge in [0.25, 0.3) is 0 Å². The van der Waals surface area contributed by atoms with E-state index in [0.29, 0.717) is 5.89 Å². The first-order chi connectivity index (χ1) is 7.38. The lowest BCUT2D eigenvalue weighted by atomic mass is 9.87. The van der Waals surface area contributed by atoms with E-state index in [2.05, 4.69) is 37.9 Å². The average molecular weight is 238 g/mol. The van der Waals surface area contributed by atoms with E-state index in [1.54, 1.807) is 0 Å². The van der Waals surface area contributed by atoms with Crippen molar-refractivity contribution in [3.8, 4) is 0 Å². The zero-order valence-electron chi connectivity index (χ0n) is 10.0. The molecular formula is C13H16ClNO. The minimum Gasteiger partial charge on any atom is -0.439 e. The highest BCUT2D eigenvalue weighted by atomic mass is 35.5. The van der Waals surface area contributed by atoms with E-state index in [4.69, 9.17) is 16.0 Å². The van der Waals surface area contributed by atoms with Crippen molar-refractivity contribution in [3.05, 3.63) is 29.7 Å². The van der Waals surface area contributed by atoms with Gasteiger partial charge in [-0.05, 0) is 30.0 Å². The molecule has 2 aromatic rings. The van der Waals surface area contributed by atoms with Crippen LogP contribution in [-0.2, 0) is 5.41 Å². The second-order valence-electron chi connectivity index (χ2n) is 5.10. The van der Waals surface area contributed by atoms with Gasteiger partial charge in [0.1, 0.15) is 10.9 Å². The summed E-state index contributed by atoms with van der Waals surface area (Å²) >= 11 is 5.95. The van der Waals surface area contributed by atoms with E-state index in [0.717, 1.165) is 11.1 Å². The summed E-state index contributed by atoms with van der Waals surface area (Å²) in [5, 5.41) is -0.189. The summed E-state index contributed by atoms with van der Waals surface area (Å²) in [5.41, 5.74) is 3.06. The molecule has 0 fully saturated rings. The van der Waals surface area contributed by atoms with E-state index in [1.165, 1.54) is 5.56 Å². The molecule has 0 aliphatic heterocycles. The molecule has 1 aromatic heterocycles. The van der Waals surface area contributed by atoms with Crippen LogP contribution >= 0.6 is 11.6 Å². The quantitative estimate of drug-likeness (QED) is 0.686. The Bertz CT molecular complexity index is 508. The number of hydrogen-bond donors (Lipinski definition) is 0. The first kappa shape index (κ1) is 11.5. The predicted octanol–water partition coefficient (Wildman–Crippen LogP) is 4.43. The summed E-state index contributed by atoms with van der Waals surface area (Å²) in [6, 6.07) is 6.11. The minimum atomic E-state index is -0.189. The van der Waals surface area contributed by atoms with Crippen molar-refractivity contribution in [2.45, 2.75) is 38.5 Å². The molecule has 0 saturated heterocycles. The van der Waals surface area contributed by atoms with Crippen molar-refractivity contribution in [2.24, 2.45) is 0 Å². The number of nitrogens with zero attached hydrogens (tertiary/aromatic N) is 1. The molecule has 0 aliphatic carbocycles. The molecule has 0 radical (unpaired) electrons. The molecule has 2 nitrogen and oxygen atoms in total. The Kier molecular flexibility index (Phi) is 2.70. The van der Waals surface area contributed by atoms with Crippen LogP contribution in [0.3, 0.4) is 0 Å². The molecular weight excluding hydrogens is 222 g/mol. The number of benzene rings is 1. The monoisotopic (exact) mass is 237 g/mol. The summed E-state index contributed by atoms with van der Waals surface area (Å²) in [7, 11) is 0. The van der Waals surface area contributed by atoms with Gasteiger partial charge in [0.05, 0.1) is 0 Å². The van der Waals surface area contributed by atoms with E-state index in [9.17, 15) is 0 Å². The smallest absolute Gasteiger partial charge is 0.213 e. The maximum Gasteiger partial charge on any atom is 0.213 e. The molecule has 1 atom stereocenters. The third kappa shape index (κ3) is 2.07. The standard InChI is InChI=1S/C13H16ClNO/c1-8(14)12-15-10-7-9(13(2,3)4)5-6-11(10)16-12/h5-8H,1-4H3. The number of aromatic nitrogens is 1. The van der Waals surface area contributed by atoms with Crippen molar-refractivity contribution in [3.63, 3.8) is 0 Å². The van der Waals surface area contributed by atoms with Crippen LogP contribution in [0, 0.1) is 0 Å². The molecule has 0 aliphatic rings. The van der Waals surface area contributed by atoms with E-state index in [-0.39, 0.29) is 10.8 Å². The summed E-state index contributed by atoms with van der Waals surface area (Å²) in [6.07, 6.45) is 0. The number of hydrogen-bond acceptors (Lipinski definition) is 2. The number of alkyl halides is 1. The fraction of sp³-hybridized carbons (Fsp3) is 0.462. The molecule has 0 spiro atoms. The van der Waals surface area contributed by atoms with Gasteiger partial charge in [-0.3, -0.25) is 0 Å². The molecule has 86 valence electrons. The van der Waals surface area contributed by atoms with Gasteiger partial charge in [-0.25, -0.2) is 4.98 Å². The molecule has 0 saturated carbocycles. The van der Waals surface area contributed by atoms with Crippen molar-refractivity contribution in [2.75, 3.05) is 0 Å². The molecule has 2 rings (SSSR count). The van der Waals surface area contributed by atoms with Crippen molar-refractivity contribution in [1.82, 2.24) is 4.98 Å². The number of rotatable bonds is 1. The Morgan fingerprint density at radius 2 is 2.00 bits per heavy atom. The third-order valence-electron chi connectivity index (χ3n) is 2.61. The van der Waals surface area contributed by atoms with E-state index < -0.39 is 0 Å². The fourth-order valence-electron chi connectivity index (χ4n) is 1.58. The Morgan fingerprint density at radius 3 is 2.56 bits per heavy atom. The van der Waals surface area contributed by atoms with Gasteiger partial charge in [-0.1, -0.05) is 26.8 Å². The minimum absolute atomic E-state index is 0.125. The normalized spacial score (nSPS) is 14.3. The maximum absolute atomic E-state index is 5.95. The lowest BCUT2D eigenvalue weighted by Gasteiger charge is -2.18. The largest absolute Gasteiger partial charge is 0.439 e. The van der Waals surface area contributed by atoms with E-state index in [1.807, 2.05) is 13.0 Å². The molecule has 16 heavy (non-hydrogen) atoms. The molecule has 0 bridgehead atoms. The summed E-state index contributed by atoms with van der Waals surface area (Å²) in [5.74, 6) is 0.586. The average Bonchev–Trinajstić information content (AvgIpc) is 2.58. The highest BCUT2D eigenvalue weighted by Gasteiger charge is 2.16. The molecule has 3 heteroatoms. The maximum atomic E-state index is 5.95. The van der Waals surface area contributed by atoms with Gasteiger partial charge in [-0.2, -0.15) is 0 Å². The van der Waals surface area contributed by atoms with Crippen molar-refractivity contribution in [1.29, 1.82) is 0 Å². The van der Waals surface area contributed by atoms with E-state index >= 15 is 0 Å². The second kappa shape index (κ2) is 3.77. The van der Waals surface area contributed by atoms with Gasteiger partial charge in [0.15, 0.2) is 5.58 Å². The van der Waals surface area contributed by atoms with Gasteiger partial charge in [0, 0.05) is 0 Å². The number of oxazole rings is 1. The zero-order valence-corrected chi connectivity index (χ0v) is 10.8. The summed E-state index contributed by atoms with van der Waals surface area (Å²) in [4.78, 5) is 4.39. The molecule has 0 amide bonds. The van der Waals surface area contributed by atoms with Crippen LogP contribution in [0.25, 0.3) is 11.1 Å². The lowest BCUT2D eigenvalue weighted by molar-refractivity contribution is 0.531. The first-order valence-corrected chi connectivity index (χ1v) is 5.86. The Morgan fingerprint density at radius 1 is 1.31 bits per heavy atom. The van der Waals surface area contributed by atoms with Crippen LogP contribution in [-0.4, -0.2) is 4.98 Å². The molecule has 1 heterocycles. The number of fused-ring (bicyclic) bond motifs is 1. The molecule has 1 aromatic carbocycles. The third-order valence-corrected chi connectivity index (χ3v) is 2.80. The van der Waals surface area contributed by atoms with Crippen LogP contribution < -0.4 is 0 Å².